The summed E-state index contributed by atoms with van der Waals surface area (Å²) in [5.41, 5.74) is 0.832. The van der Waals surface area contributed by atoms with E-state index in [9.17, 15) is 26.4 Å². The van der Waals surface area contributed by atoms with Gasteiger partial charge in [-0.05, 0) is 48.9 Å². The number of carbonyl (C=O) groups is 1. The number of H-pyrrole nitrogens is 1. The Hall–Kier alpha value is -3.08. The van der Waals surface area contributed by atoms with E-state index in [0.29, 0.717) is 18.7 Å². The Bertz CT molecular complexity index is 1190. The predicted molar refractivity (Wildman–Crippen MR) is 99.9 cm³/mol. The minimum absolute atomic E-state index is 0.00943. The summed E-state index contributed by atoms with van der Waals surface area (Å²) < 4.78 is 65.8. The SMILES string of the molecule is O=C1CCCN1c1ccc(S(=O)(=O)Nc2ccc3nc(C(F)(F)F)[nH]c3c2)cc1. The maximum atomic E-state index is 12.8. The summed E-state index contributed by atoms with van der Waals surface area (Å²) in [5.74, 6) is -1.16. The van der Waals surface area contributed by atoms with Crippen molar-refractivity contribution >= 4 is 38.3 Å². The molecule has 4 rings (SSSR count). The zero-order chi connectivity index (χ0) is 20.8. The molecule has 0 saturated carbocycles. The van der Waals surface area contributed by atoms with E-state index >= 15 is 0 Å². The number of nitrogens with one attached hydrogen (secondary N) is 2. The zero-order valence-electron chi connectivity index (χ0n) is 14.8. The van der Waals surface area contributed by atoms with Crippen LogP contribution in [0.4, 0.5) is 24.5 Å². The molecule has 2 aromatic carbocycles. The maximum Gasteiger partial charge on any atom is 0.449 e. The molecule has 2 heterocycles. The van der Waals surface area contributed by atoms with Crippen molar-refractivity contribution in [2.45, 2.75) is 23.9 Å². The monoisotopic (exact) mass is 424 g/mol. The molecule has 2 N–H and O–H groups in total. The van der Waals surface area contributed by atoms with E-state index in [4.69, 9.17) is 0 Å². The van der Waals surface area contributed by atoms with Crippen LogP contribution in [0.25, 0.3) is 11.0 Å². The van der Waals surface area contributed by atoms with Crippen LogP contribution in [0.15, 0.2) is 47.4 Å². The number of halogens is 3. The van der Waals surface area contributed by atoms with Crippen LogP contribution >= 0.6 is 0 Å². The number of aromatic nitrogens is 2. The highest BCUT2D eigenvalue weighted by atomic mass is 32.2. The summed E-state index contributed by atoms with van der Waals surface area (Å²) in [6.45, 7) is 0.591. The number of benzene rings is 2. The van der Waals surface area contributed by atoms with E-state index in [1.165, 1.54) is 30.3 Å². The first-order valence-corrected chi connectivity index (χ1v) is 10.1. The molecule has 0 atom stereocenters. The molecule has 1 aliphatic heterocycles. The Labute approximate surface area is 163 Å². The number of anilines is 2. The fourth-order valence-corrected chi connectivity index (χ4v) is 4.20. The number of hydrogen-bond donors (Lipinski definition) is 2. The number of fused-ring (bicyclic) bond motifs is 1. The number of imidazole rings is 1. The number of amides is 1. The molecule has 1 fully saturated rings. The summed E-state index contributed by atoms with van der Waals surface area (Å²) in [7, 11) is -3.97. The Morgan fingerprint density at radius 1 is 1.10 bits per heavy atom. The number of rotatable bonds is 4. The zero-order valence-corrected chi connectivity index (χ0v) is 15.6. The number of nitrogens with zero attached hydrogens (tertiary/aromatic N) is 2. The molecule has 1 amide bonds. The van der Waals surface area contributed by atoms with Crippen LogP contribution in [0.1, 0.15) is 18.7 Å². The highest BCUT2D eigenvalue weighted by Gasteiger charge is 2.34. The number of sulfonamides is 1. The third-order valence-electron chi connectivity index (χ3n) is 4.53. The molecular formula is C18H15F3N4O3S. The second-order valence-corrected chi connectivity index (χ2v) is 8.25. The molecule has 0 aliphatic carbocycles. The van der Waals surface area contributed by atoms with Crippen LogP contribution in [-0.2, 0) is 21.0 Å². The molecule has 1 aliphatic rings. The third-order valence-corrected chi connectivity index (χ3v) is 5.93. The van der Waals surface area contributed by atoms with Gasteiger partial charge in [-0.15, -0.1) is 0 Å². The Morgan fingerprint density at radius 2 is 1.83 bits per heavy atom. The first-order valence-electron chi connectivity index (χ1n) is 8.64. The molecule has 1 saturated heterocycles. The Balaban J connectivity index is 1.57. The average Bonchev–Trinajstić information content (AvgIpc) is 3.27. The van der Waals surface area contributed by atoms with E-state index in [2.05, 4.69) is 14.7 Å². The number of hydrogen-bond acceptors (Lipinski definition) is 4. The molecule has 29 heavy (non-hydrogen) atoms. The molecule has 0 unspecified atom stereocenters. The molecular weight excluding hydrogens is 409 g/mol. The van der Waals surface area contributed by atoms with Gasteiger partial charge < -0.3 is 9.88 Å². The van der Waals surface area contributed by atoms with Crippen LogP contribution in [-0.4, -0.2) is 30.8 Å². The van der Waals surface area contributed by atoms with Gasteiger partial charge in [-0.1, -0.05) is 0 Å². The smallest absolute Gasteiger partial charge is 0.334 e. The first-order chi connectivity index (χ1) is 13.6. The van der Waals surface area contributed by atoms with Crippen LogP contribution in [0.5, 0.6) is 0 Å². The highest BCUT2D eigenvalue weighted by molar-refractivity contribution is 7.92. The number of alkyl halides is 3. The van der Waals surface area contributed by atoms with Crippen molar-refractivity contribution < 1.29 is 26.4 Å². The molecule has 152 valence electrons. The van der Waals surface area contributed by atoms with E-state index in [1.54, 1.807) is 17.0 Å². The van der Waals surface area contributed by atoms with Crippen molar-refractivity contribution in [3.8, 4) is 0 Å². The lowest BCUT2D eigenvalue weighted by Crippen LogP contribution is -2.23. The van der Waals surface area contributed by atoms with Gasteiger partial charge in [0.25, 0.3) is 10.0 Å². The van der Waals surface area contributed by atoms with Crippen LogP contribution < -0.4 is 9.62 Å². The molecule has 3 aromatic rings. The van der Waals surface area contributed by atoms with Gasteiger partial charge in [-0.3, -0.25) is 9.52 Å². The largest absolute Gasteiger partial charge is 0.449 e. The quantitative estimate of drug-likeness (QED) is 0.670. The lowest BCUT2D eigenvalue weighted by molar-refractivity contribution is -0.144. The summed E-state index contributed by atoms with van der Waals surface area (Å²) in [6.07, 6.45) is -3.41. The summed E-state index contributed by atoms with van der Waals surface area (Å²) in [5, 5.41) is 0. The van der Waals surface area contributed by atoms with Crippen LogP contribution in [0.2, 0.25) is 0 Å². The standard InChI is InChI=1S/C18H15F3N4O3S/c19-18(20,21)17-22-14-8-3-11(10-15(14)23-17)24-29(27,28)13-6-4-12(5-7-13)25-9-1-2-16(25)26/h3-8,10,24H,1-2,9H2,(H,22,23). The molecule has 1 aromatic heterocycles. The van der Waals surface area contributed by atoms with Gasteiger partial charge in [-0.25, -0.2) is 13.4 Å². The molecule has 0 spiro atoms. The second-order valence-electron chi connectivity index (χ2n) is 6.56. The predicted octanol–water partition coefficient (Wildman–Crippen LogP) is 3.51. The second kappa shape index (κ2) is 6.76. The van der Waals surface area contributed by atoms with E-state index in [0.717, 1.165) is 6.42 Å². The lowest BCUT2D eigenvalue weighted by Gasteiger charge is -2.16. The van der Waals surface area contributed by atoms with Gasteiger partial charge in [0.2, 0.25) is 11.7 Å². The molecule has 7 nitrogen and oxygen atoms in total. The van der Waals surface area contributed by atoms with E-state index in [1.807, 2.05) is 0 Å². The summed E-state index contributed by atoms with van der Waals surface area (Å²) in [4.78, 5) is 18.9. The van der Waals surface area contributed by atoms with Gasteiger partial charge in [0, 0.05) is 18.7 Å². The fourth-order valence-electron chi connectivity index (χ4n) is 3.15. The minimum Gasteiger partial charge on any atom is -0.334 e. The Morgan fingerprint density at radius 3 is 2.45 bits per heavy atom. The molecule has 11 heteroatoms. The van der Waals surface area contributed by atoms with E-state index < -0.39 is 22.0 Å². The summed E-state index contributed by atoms with van der Waals surface area (Å²) in [6, 6.07) is 9.71. The topological polar surface area (TPSA) is 95.2 Å². The number of carbonyl (C=O) groups excluding carboxylic acids is 1. The maximum absolute atomic E-state index is 12.8. The van der Waals surface area contributed by atoms with Crippen molar-refractivity contribution in [1.82, 2.24) is 9.97 Å². The normalized spacial score (nSPS) is 15.3. The number of aromatic amines is 1. The van der Waals surface area contributed by atoms with Crippen LogP contribution in [0, 0.1) is 0 Å². The van der Waals surface area contributed by atoms with Crippen molar-refractivity contribution in [2.24, 2.45) is 0 Å². The van der Waals surface area contributed by atoms with Gasteiger partial charge in [0.05, 0.1) is 21.6 Å². The summed E-state index contributed by atoms with van der Waals surface area (Å²) >= 11 is 0. The van der Waals surface area contributed by atoms with Crippen molar-refractivity contribution in [3.05, 3.63) is 48.3 Å². The highest BCUT2D eigenvalue weighted by Crippen LogP contribution is 2.30. The van der Waals surface area contributed by atoms with Gasteiger partial charge in [0.15, 0.2) is 0 Å². The van der Waals surface area contributed by atoms with Crippen molar-refractivity contribution in [3.63, 3.8) is 0 Å². The molecule has 0 radical (unpaired) electrons. The first kappa shape index (κ1) is 19.2. The Kier molecular flexibility index (Phi) is 4.49. The average molecular weight is 424 g/mol. The lowest BCUT2D eigenvalue weighted by atomic mass is 10.3. The minimum atomic E-state index is -4.63. The third kappa shape index (κ3) is 3.77. The molecule has 0 bridgehead atoms. The van der Waals surface area contributed by atoms with Crippen molar-refractivity contribution in [1.29, 1.82) is 0 Å². The van der Waals surface area contributed by atoms with E-state index in [-0.39, 0.29) is 27.5 Å². The van der Waals surface area contributed by atoms with Crippen LogP contribution in [0.3, 0.4) is 0 Å². The van der Waals surface area contributed by atoms with Gasteiger partial charge >= 0.3 is 6.18 Å². The van der Waals surface area contributed by atoms with Gasteiger partial charge in [0.1, 0.15) is 0 Å². The fraction of sp³-hybridized carbons (Fsp3) is 0.222. The van der Waals surface area contributed by atoms with Gasteiger partial charge in [-0.2, -0.15) is 13.2 Å². The van der Waals surface area contributed by atoms with Crippen molar-refractivity contribution in [2.75, 3.05) is 16.2 Å².